The number of nitrogens with one attached hydrogen (secondary N) is 1. The molecule has 2 rings (SSSR count). The molecule has 0 bridgehead atoms. The van der Waals surface area contributed by atoms with Crippen LogP contribution in [0.25, 0.3) is 0 Å². The maximum Gasteiger partial charge on any atom is 0.287 e. The summed E-state index contributed by atoms with van der Waals surface area (Å²) in [7, 11) is 1.57. The van der Waals surface area contributed by atoms with Crippen molar-refractivity contribution in [3.63, 3.8) is 0 Å². The van der Waals surface area contributed by atoms with Crippen molar-refractivity contribution in [3.05, 3.63) is 50.9 Å². The van der Waals surface area contributed by atoms with Crippen LogP contribution in [-0.4, -0.2) is 9.78 Å². The van der Waals surface area contributed by atoms with E-state index in [9.17, 15) is 4.79 Å². The fourth-order valence-electron chi connectivity index (χ4n) is 1.88. The third-order valence-corrected chi connectivity index (χ3v) is 3.45. The molecule has 1 aromatic heterocycles. The lowest BCUT2D eigenvalue weighted by molar-refractivity contribution is 0.709. The largest absolute Gasteiger partial charge is 0.353 e. The molecule has 1 heterocycles. The second-order valence-corrected chi connectivity index (χ2v) is 4.80. The van der Waals surface area contributed by atoms with E-state index in [1.807, 2.05) is 12.1 Å². The molecule has 2 aromatic rings. The standard InChI is InChI=1S/C14H16ClN3O/c1-4-10-7-11(6-5-9(10)2)17-12-8-16-18(3)14(19)13(12)15/h5-8,17H,4H2,1-3H3. The lowest BCUT2D eigenvalue weighted by atomic mass is 10.1. The van der Waals surface area contributed by atoms with Crippen LogP contribution < -0.4 is 10.9 Å². The summed E-state index contributed by atoms with van der Waals surface area (Å²) in [6.45, 7) is 4.19. The van der Waals surface area contributed by atoms with E-state index in [2.05, 4.69) is 30.3 Å². The number of nitrogens with zero attached hydrogens (tertiary/aromatic N) is 2. The molecule has 100 valence electrons. The van der Waals surface area contributed by atoms with Crippen LogP contribution in [0.4, 0.5) is 11.4 Å². The molecule has 0 aliphatic carbocycles. The Morgan fingerprint density at radius 2 is 2.16 bits per heavy atom. The molecule has 0 unspecified atom stereocenters. The summed E-state index contributed by atoms with van der Waals surface area (Å²) in [6, 6.07) is 6.06. The Kier molecular flexibility index (Phi) is 3.90. The van der Waals surface area contributed by atoms with Crippen molar-refractivity contribution in [2.75, 3.05) is 5.32 Å². The summed E-state index contributed by atoms with van der Waals surface area (Å²) >= 11 is 6.02. The summed E-state index contributed by atoms with van der Waals surface area (Å²) in [5.41, 5.74) is 3.63. The Balaban J connectivity index is 2.37. The van der Waals surface area contributed by atoms with Crippen molar-refractivity contribution in [1.82, 2.24) is 9.78 Å². The SMILES string of the molecule is CCc1cc(Nc2cnn(C)c(=O)c2Cl)ccc1C. The van der Waals surface area contributed by atoms with E-state index in [1.54, 1.807) is 13.2 Å². The van der Waals surface area contributed by atoms with Crippen molar-refractivity contribution in [3.8, 4) is 0 Å². The van der Waals surface area contributed by atoms with E-state index < -0.39 is 0 Å². The zero-order chi connectivity index (χ0) is 14.0. The molecule has 0 amide bonds. The maximum atomic E-state index is 11.7. The molecule has 1 N–H and O–H groups in total. The monoisotopic (exact) mass is 277 g/mol. The van der Waals surface area contributed by atoms with Crippen LogP contribution >= 0.6 is 11.6 Å². The van der Waals surface area contributed by atoms with E-state index in [1.165, 1.54) is 15.8 Å². The van der Waals surface area contributed by atoms with Gasteiger partial charge < -0.3 is 5.32 Å². The number of rotatable bonds is 3. The van der Waals surface area contributed by atoms with Gasteiger partial charge in [0.2, 0.25) is 0 Å². The number of benzene rings is 1. The highest BCUT2D eigenvalue weighted by Gasteiger charge is 2.08. The lowest BCUT2D eigenvalue weighted by Gasteiger charge is -2.11. The van der Waals surface area contributed by atoms with Crippen LogP contribution in [0.3, 0.4) is 0 Å². The van der Waals surface area contributed by atoms with Crippen molar-refractivity contribution in [1.29, 1.82) is 0 Å². The molecule has 4 nitrogen and oxygen atoms in total. The van der Waals surface area contributed by atoms with Crippen LogP contribution in [0.2, 0.25) is 5.02 Å². The average molecular weight is 278 g/mol. The molecule has 0 aliphatic heterocycles. The molecule has 0 aliphatic rings. The Bertz CT molecular complexity index is 664. The van der Waals surface area contributed by atoms with Crippen LogP contribution in [0.15, 0.2) is 29.2 Å². The van der Waals surface area contributed by atoms with Crippen LogP contribution in [0.1, 0.15) is 18.1 Å². The summed E-state index contributed by atoms with van der Waals surface area (Å²) < 4.78 is 1.21. The van der Waals surface area contributed by atoms with Gasteiger partial charge in [-0.2, -0.15) is 5.10 Å². The number of anilines is 2. The molecule has 0 fully saturated rings. The highest BCUT2D eigenvalue weighted by atomic mass is 35.5. The number of hydrogen-bond acceptors (Lipinski definition) is 3. The first-order valence-electron chi connectivity index (χ1n) is 6.11. The first kappa shape index (κ1) is 13.6. The molecular formula is C14H16ClN3O. The van der Waals surface area contributed by atoms with Gasteiger partial charge in [-0.1, -0.05) is 24.6 Å². The van der Waals surface area contributed by atoms with E-state index in [-0.39, 0.29) is 10.6 Å². The predicted octanol–water partition coefficient (Wildman–Crippen LogP) is 3.05. The Labute approximate surface area is 117 Å². The van der Waals surface area contributed by atoms with Crippen LogP contribution in [-0.2, 0) is 13.5 Å². The van der Waals surface area contributed by atoms with Gasteiger partial charge in [-0.05, 0) is 36.6 Å². The fourth-order valence-corrected chi connectivity index (χ4v) is 2.10. The van der Waals surface area contributed by atoms with Gasteiger partial charge in [0.15, 0.2) is 0 Å². The number of hydrogen-bond donors (Lipinski definition) is 1. The third kappa shape index (κ3) is 2.79. The molecule has 5 heteroatoms. The molecule has 19 heavy (non-hydrogen) atoms. The number of aryl methyl sites for hydroxylation is 3. The fraction of sp³-hybridized carbons (Fsp3) is 0.286. The normalized spacial score (nSPS) is 10.5. The van der Waals surface area contributed by atoms with Gasteiger partial charge in [-0.3, -0.25) is 4.79 Å². The van der Waals surface area contributed by atoms with Gasteiger partial charge in [0, 0.05) is 12.7 Å². The van der Waals surface area contributed by atoms with Crippen LogP contribution in [0.5, 0.6) is 0 Å². The second kappa shape index (κ2) is 5.45. The molecule has 1 aromatic carbocycles. The summed E-state index contributed by atoms with van der Waals surface area (Å²) in [5, 5.41) is 7.24. The highest BCUT2D eigenvalue weighted by Crippen LogP contribution is 2.23. The molecule has 0 spiro atoms. The van der Waals surface area contributed by atoms with Crippen molar-refractivity contribution in [2.24, 2.45) is 7.05 Å². The zero-order valence-corrected chi connectivity index (χ0v) is 12.0. The van der Waals surface area contributed by atoms with Crippen molar-refractivity contribution >= 4 is 23.0 Å². The smallest absolute Gasteiger partial charge is 0.287 e. The molecular weight excluding hydrogens is 262 g/mol. The Morgan fingerprint density at radius 3 is 2.84 bits per heavy atom. The predicted molar refractivity (Wildman–Crippen MR) is 78.3 cm³/mol. The van der Waals surface area contributed by atoms with E-state index >= 15 is 0 Å². The second-order valence-electron chi connectivity index (χ2n) is 4.42. The molecule has 0 radical (unpaired) electrons. The summed E-state index contributed by atoms with van der Waals surface area (Å²) in [5.74, 6) is 0. The van der Waals surface area contributed by atoms with Gasteiger partial charge in [0.05, 0.1) is 11.9 Å². The maximum absolute atomic E-state index is 11.7. The highest BCUT2D eigenvalue weighted by molar-refractivity contribution is 6.33. The van der Waals surface area contributed by atoms with E-state index in [0.717, 1.165) is 12.1 Å². The Hall–Kier alpha value is -1.81. The first-order chi connectivity index (χ1) is 9.02. The minimum Gasteiger partial charge on any atom is -0.353 e. The third-order valence-electron chi connectivity index (χ3n) is 3.09. The minimum atomic E-state index is -0.311. The van der Waals surface area contributed by atoms with Crippen molar-refractivity contribution < 1.29 is 0 Å². The van der Waals surface area contributed by atoms with Gasteiger partial charge in [-0.15, -0.1) is 0 Å². The first-order valence-corrected chi connectivity index (χ1v) is 6.49. The average Bonchev–Trinajstić information content (AvgIpc) is 2.41. The van der Waals surface area contributed by atoms with Gasteiger partial charge in [-0.25, -0.2) is 4.68 Å². The zero-order valence-electron chi connectivity index (χ0n) is 11.2. The van der Waals surface area contributed by atoms with Crippen molar-refractivity contribution in [2.45, 2.75) is 20.3 Å². The number of aromatic nitrogens is 2. The minimum absolute atomic E-state index is 0.149. The Morgan fingerprint density at radius 1 is 1.42 bits per heavy atom. The molecule has 0 saturated carbocycles. The topological polar surface area (TPSA) is 46.9 Å². The summed E-state index contributed by atoms with van der Waals surface area (Å²) in [6.07, 6.45) is 2.51. The quantitative estimate of drug-likeness (QED) is 0.938. The van der Waals surface area contributed by atoms with Gasteiger partial charge in [0.1, 0.15) is 5.02 Å². The summed E-state index contributed by atoms with van der Waals surface area (Å²) in [4.78, 5) is 11.7. The molecule has 0 atom stereocenters. The molecule has 0 saturated heterocycles. The van der Waals surface area contributed by atoms with Gasteiger partial charge >= 0.3 is 0 Å². The van der Waals surface area contributed by atoms with E-state index in [4.69, 9.17) is 11.6 Å². The van der Waals surface area contributed by atoms with Crippen LogP contribution in [0, 0.1) is 6.92 Å². The number of halogens is 1. The lowest BCUT2D eigenvalue weighted by Crippen LogP contribution is -2.20. The van der Waals surface area contributed by atoms with Gasteiger partial charge in [0.25, 0.3) is 5.56 Å². The van der Waals surface area contributed by atoms with E-state index in [0.29, 0.717) is 5.69 Å².